The molecule has 0 unspecified atom stereocenters. The summed E-state index contributed by atoms with van der Waals surface area (Å²) in [6.07, 6.45) is 10.2. The standard InChI is InChI=1S/C18H28N4O/c1-15(16-6-3-2-4-7-16)20-18(23)22-12-10-21(11-13-22)17-8-5-9-19-14-17/h5,8-9,14-16H,2-4,6-7,10-13H2,1H3,(H,20,23)/t15-/m0/s1. The average molecular weight is 316 g/mol. The van der Waals surface area contributed by atoms with Crippen molar-refractivity contribution in [3.05, 3.63) is 24.5 Å². The summed E-state index contributed by atoms with van der Waals surface area (Å²) in [4.78, 5) is 20.9. The molecule has 1 aromatic rings. The number of rotatable bonds is 3. The van der Waals surface area contributed by atoms with Crippen LogP contribution < -0.4 is 10.2 Å². The summed E-state index contributed by atoms with van der Waals surface area (Å²) in [7, 11) is 0. The van der Waals surface area contributed by atoms with Gasteiger partial charge in [-0.1, -0.05) is 19.3 Å². The second-order valence-electron chi connectivity index (χ2n) is 6.82. The summed E-state index contributed by atoms with van der Waals surface area (Å²) in [5, 5.41) is 3.23. The number of urea groups is 1. The van der Waals surface area contributed by atoms with Crippen LogP contribution in [-0.4, -0.2) is 48.1 Å². The molecule has 126 valence electrons. The highest BCUT2D eigenvalue weighted by Gasteiger charge is 2.25. The van der Waals surface area contributed by atoms with E-state index in [1.807, 2.05) is 17.2 Å². The quantitative estimate of drug-likeness (QED) is 0.933. The van der Waals surface area contributed by atoms with Gasteiger partial charge in [-0.2, -0.15) is 0 Å². The molecule has 2 aliphatic rings. The largest absolute Gasteiger partial charge is 0.367 e. The Kier molecular flexibility index (Phi) is 5.36. The van der Waals surface area contributed by atoms with Gasteiger partial charge in [0, 0.05) is 38.4 Å². The number of nitrogens with zero attached hydrogens (tertiary/aromatic N) is 3. The smallest absolute Gasteiger partial charge is 0.317 e. The molecule has 0 bridgehead atoms. The van der Waals surface area contributed by atoms with Gasteiger partial charge >= 0.3 is 6.03 Å². The van der Waals surface area contributed by atoms with Crippen LogP contribution in [0.1, 0.15) is 39.0 Å². The Hall–Kier alpha value is -1.78. The molecule has 1 saturated carbocycles. The summed E-state index contributed by atoms with van der Waals surface area (Å²) in [6.45, 7) is 5.46. The van der Waals surface area contributed by atoms with E-state index in [4.69, 9.17) is 0 Å². The van der Waals surface area contributed by atoms with Crippen LogP contribution in [0.3, 0.4) is 0 Å². The van der Waals surface area contributed by atoms with Gasteiger partial charge in [0.25, 0.3) is 0 Å². The Morgan fingerprint density at radius 3 is 2.61 bits per heavy atom. The minimum Gasteiger partial charge on any atom is -0.367 e. The van der Waals surface area contributed by atoms with Crippen molar-refractivity contribution in [2.75, 3.05) is 31.1 Å². The fraction of sp³-hybridized carbons (Fsp3) is 0.667. The molecule has 1 aliphatic heterocycles. The van der Waals surface area contributed by atoms with Gasteiger partial charge in [-0.05, 0) is 37.8 Å². The number of piperazine rings is 1. The highest BCUT2D eigenvalue weighted by molar-refractivity contribution is 5.75. The summed E-state index contributed by atoms with van der Waals surface area (Å²) in [5.41, 5.74) is 1.14. The monoisotopic (exact) mass is 316 g/mol. The number of aromatic nitrogens is 1. The lowest BCUT2D eigenvalue weighted by atomic mass is 9.84. The van der Waals surface area contributed by atoms with E-state index in [0.717, 1.165) is 31.9 Å². The topological polar surface area (TPSA) is 48.5 Å². The molecule has 2 heterocycles. The van der Waals surface area contributed by atoms with Crippen molar-refractivity contribution in [2.45, 2.75) is 45.1 Å². The molecule has 23 heavy (non-hydrogen) atoms. The maximum Gasteiger partial charge on any atom is 0.317 e. The highest BCUT2D eigenvalue weighted by atomic mass is 16.2. The van der Waals surface area contributed by atoms with Crippen molar-refractivity contribution in [3.8, 4) is 0 Å². The summed E-state index contributed by atoms with van der Waals surface area (Å²) >= 11 is 0. The van der Waals surface area contributed by atoms with Crippen molar-refractivity contribution in [2.24, 2.45) is 5.92 Å². The molecule has 1 N–H and O–H groups in total. The van der Waals surface area contributed by atoms with Gasteiger partial charge < -0.3 is 15.1 Å². The Morgan fingerprint density at radius 2 is 1.96 bits per heavy atom. The van der Waals surface area contributed by atoms with Crippen molar-refractivity contribution in [1.82, 2.24) is 15.2 Å². The number of nitrogens with one attached hydrogen (secondary N) is 1. The molecular formula is C18H28N4O. The van der Waals surface area contributed by atoms with E-state index in [0.29, 0.717) is 12.0 Å². The van der Waals surface area contributed by atoms with Crippen LogP contribution in [0.5, 0.6) is 0 Å². The molecular weight excluding hydrogens is 288 g/mol. The number of anilines is 1. The van der Waals surface area contributed by atoms with E-state index in [2.05, 4.69) is 28.2 Å². The van der Waals surface area contributed by atoms with Gasteiger partial charge in [-0.15, -0.1) is 0 Å². The highest BCUT2D eigenvalue weighted by Crippen LogP contribution is 2.26. The Balaban J connectivity index is 1.46. The van der Waals surface area contributed by atoms with Crippen LogP contribution in [-0.2, 0) is 0 Å². The van der Waals surface area contributed by atoms with Crippen molar-refractivity contribution < 1.29 is 4.79 Å². The Bertz CT molecular complexity index is 493. The molecule has 1 aliphatic carbocycles. The molecule has 5 heteroatoms. The second-order valence-corrected chi connectivity index (χ2v) is 6.82. The van der Waals surface area contributed by atoms with Crippen LogP contribution in [0.25, 0.3) is 0 Å². The number of hydrogen-bond donors (Lipinski definition) is 1. The lowest BCUT2D eigenvalue weighted by Crippen LogP contribution is -2.54. The van der Waals surface area contributed by atoms with E-state index in [1.54, 1.807) is 6.20 Å². The number of hydrogen-bond acceptors (Lipinski definition) is 3. The summed E-state index contributed by atoms with van der Waals surface area (Å²) < 4.78 is 0. The molecule has 1 aromatic heterocycles. The molecule has 2 amide bonds. The fourth-order valence-corrected chi connectivity index (χ4v) is 3.75. The van der Waals surface area contributed by atoms with E-state index < -0.39 is 0 Å². The number of amides is 2. The van der Waals surface area contributed by atoms with Crippen LogP contribution in [0.2, 0.25) is 0 Å². The van der Waals surface area contributed by atoms with E-state index in [9.17, 15) is 4.79 Å². The first kappa shape index (κ1) is 16.1. The molecule has 2 fully saturated rings. The molecule has 1 atom stereocenters. The third-order valence-electron chi connectivity index (χ3n) is 5.29. The lowest BCUT2D eigenvalue weighted by molar-refractivity contribution is 0.182. The summed E-state index contributed by atoms with van der Waals surface area (Å²) in [6, 6.07) is 4.43. The van der Waals surface area contributed by atoms with Gasteiger partial charge in [0.2, 0.25) is 0 Å². The number of carbonyl (C=O) groups is 1. The van der Waals surface area contributed by atoms with Crippen LogP contribution in [0, 0.1) is 5.92 Å². The van der Waals surface area contributed by atoms with Crippen molar-refractivity contribution >= 4 is 11.7 Å². The first-order chi connectivity index (χ1) is 11.2. The van der Waals surface area contributed by atoms with Gasteiger partial charge in [0.15, 0.2) is 0 Å². The number of pyridine rings is 1. The first-order valence-electron chi connectivity index (χ1n) is 8.94. The Morgan fingerprint density at radius 1 is 1.22 bits per heavy atom. The SMILES string of the molecule is C[C@H](NC(=O)N1CCN(c2cccnc2)CC1)C1CCCCC1. The van der Waals surface area contributed by atoms with E-state index in [-0.39, 0.29) is 6.03 Å². The third-order valence-corrected chi connectivity index (χ3v) is 5.29. The maximum absolute atomic E-state index is 12.5. The van der Waals surface area contributed by atoms with E-state index in [1.165, 1.54) is 32.1 Å². The average Bonchev–Trinajstić information content (AvgIpc) is 2.63. The fourth-order valence-electron chi connectivity index (χ4n) is 3.75. The molecule has 5 nitrogen and oxygen atoms in total. The zero-order valence-corrected chi connectivity index (χ0v) is 14.1. The van der Waals surface area contributed by atoms with Gasteiger partial charge in [-0.25, -0.2) is 4.79 Å². The van der Waals surface area contributed by atoms with Gasteiger partial charge in [0.1, 0.15) is 0 Å². The molecule has 1 saturated heterocycles. The first-order valence-corrected chi connectivity index (χ1v) is 8.94. The molecule has 3 rings (SSSR count). The predicted molar refractivity (Wildman–Crippen MR) is 92.6 cm³/mol. The Labute approximate surface area is 139 Å². The van der Waals surface area contributed by atoms with Crippen LogP contribution in [0.4, 0.5) is 10.5 Å². The van der Waals surface area contributed by atoms with Crippen molar-refractivity contribution in [3.63, 3.8) is 0 Å². The maximum atomic E-state index is 12.5. The second kappa shape index (κ2) is 7.66. The normalized spacial score (nSPS) is 21.1. The van der Waals surface area contributed by atoms with Crippen molar-refractivity contribution in [1.29, 1.82) is 0 Å². The summed E-state index contributed by atoms with van der Waals surface area (Å²) in [5.74, 6) is 0.657. The van der Waals surface area contributed by atoms with Crippen LogP contribution in [0.15, 0.2) is 24.5 Å². The van der Waals surface area contributed by atoms with Gasteiger partial charge in [0.05, 0.1) is 11.9 Å². The lowest BCUT2D eigenvalue weighted by Gasteiger charge is -2.37. The minimum absolute atomic E-state index is 0.105. The predicted octanol–water partition coefficient (Wildman–Crippen LogP) is 2.88. The minimum atomic E-state index is 0.105. The van der Waals surface area contributed by atoms with E-state index >= 15 is 0 Å². The third kappa shape index (κ3) is 4.15. The molecule has 0 aromatic carbocycles. The zero-order chi connectivity index (χ0) is 16.1. The molecule has 0 spiro atoms. The zero-order valence-electron chi connectivity index (χ0n) is 14.1. The van der Waals surface area contributed by atoms with Gasteiger partial charge in [-0.3, -0.25) is 4.98 Å². The molecule has 0 radical (unpaired) electrons. The number of carbonyl (C=O) groups excluding carboxylic acids is 1. The van der Waals surface area contributed by atoms with Crippen LogP contribution >= 0.6 is 0 Å².